The first-order chi connectivity index (χ1) is 9.97. The summed E-state index contributed by atoms with van der Waals surface area (Å²) in [4.78, 5) is 0.304. The first-order valence-corrected chi connectivity index (χ1v) is 8.54. The molecule has 1 saturated carbocycles. The van der Waals surface area contributed by atoms with E-state index >= 15 is 0 Å². The van der Waals surface area contributed by atoms with Gasteiger partial charge in [0.1, 0.15) is 0 Å². The van der Waals surface area contributed by atoms with Gasteiger partial charge in [0.15, 0.2) is 0 Å². The molecule has 0 spiro atoms. The molecule has 0 saturated heterocycles. The number of rotatable bonds is 9. The summed E-state index contributed by atoms with van der Waals surface area (Å²) in [6, 6.07) is 6.88. The van der Waals surface area contributed by atoms with Gasteiger partial charge in [-0.2, -0.15) is 0 Å². The highest BCUT2D eigenvalue weighted by molar-refractivity contribution is 7.89. The number of hydrogen-bond acceptors (Lipinski definition) is 4. The van der Waals surface area contributed by atoms with Gasteiger partial charge < -0.3 is 10.1 Å². The second kappa shape index (κ2) is 7.06. The highest BCUT2D eigenvalue weighted by Crippen LogP contribution is 2.22. The Morgan fingerprint density at radius 1 is 1.33 bits per heavy atom. The number of hydrogen-bond donors (Lipinski definition) is 2. The lowest BCUT2D eigenvalue weighted by Crippen LogP contribution is -2.25. The van der Waals surface area contributed by atoms with Crippen LogP contribution in [0.3, 0.4) is 0 Å². The monoisotopic (exact) mass is 310 g/mol. The van der Waals surface area contributed by atoms with Gasteiger partial charge in [-0.25, -0.2) is 13.1 Å². The Balaban J connectivity index is 1.80. The summed E-state index contributed by atoms with van der Waals surface area (Å²) in [5.74, 6) is 0. The second-order valence-electron chi connectivity index (χ2n) is 5.36. The van der Waals surface area contributed by atoms with Crippen LogP contribution in [-0.4, -0.2) is 34.2 Å². The van der Waals surface area contributed by atoms with E-state index < -0.39 is 10.0 Å². The van der Waals surface area contributed by atoms with Crippen molar-refractivity contribution < 1.29 is 13.2 Å². The molecule has 116 valence electrons. The Kier molecular flexibility index (Phi) is 5.39. The maximum Gasteiger partial charge on any atom is 0.240 e. The zero-order valence-electron chi connectivity index (χ0n) is 12.3. The van der Waals surface area contributed by atoms with Crippen molar-refractivity contribution in [2.75, 3.05) is 25.1 Å². The molecule has 5 nitrogen and oxygen atoms in total. The number of ether oxygens (including phenoxy) is 1. The van der Waals surface area contributed by atoms with E-state index in [1.54, 1.807) is 24.3 Å². The number of anilines is 1. The van der Waals surface area contributed by atoms with Crippen LogP contribution in [-0.2, 0) is 14.8 Å². The highest BCUT2D eigenvalue weighted by atomic mass is 32.2. The van der Waals surface area contributed by atoms with Crippen molar-refractivity contribution in [2.24, 2.45) is 0 Å². The van der Waals surface area contributed by atoms with Crippen molar-refractivity contribution >= 4 is 15.7 Å². The fourth-order valence-corrected chi connectivity index (χ4v) is 3.06. The first kappa shape index (κ1) is 16.0. The molecule has 1 aromatic rings. The molecule has 0 aromatic heterocycles. The summed E-state index contributed by atoms with van der Waals surface area (Å²) in [6.45, 7) is 7.49. The standard InChI is InChI=1S/C15H22N2O3S/c1-12(2)11-20-10-9-16-13-5-7-15(8-6-13)21(18,19)17-14-3-4-14/h5-8,14,16-17H,1,3-4,9-11H2,2H3. The zero-order chi connectivity index (χ0) is 15.3. The fourth-order valence-electron chi connectivity index (χ4n) is 1.75. The van der Waals surface area contributed by atoms with Crippen LogP contribution in [0.25, 0.3) is 0 Å². The van der Waals surface area contributed by atoms with E-state index in [1.807, 2.05) is 6.92 Å². The SMILES string of the molecule is C=C(C)COCCNc1ccc(S(=O)(=O)NC2CC2)cc1. The molecular weight excluding hydrogens is 288 g/mol. The quantitative estimate of drug-likeness (QED) is 0.541. The van der Waals surface area contributed by atoms with Gasteiger partial charge in [0.25, 0.3) is 0 Å². The predicted octanol–water partition coefficient (Wildman–Crippen LogP) is 2.13. The second-order valence-corrected chi connectivity index (χ2v) is 7.07. The maximum atomic E-state index is 12.0. The number of sulfonamides is 1. The highest BCUT2D eigenvalue weighted by Gasteiger charge is 2.27. The van der Waals surface area contributed by atoms with Gasteiger partial charge in [0, 0.05) is 18.3 Å². The molecule has 0 unspecified atom stereocenters. The summed E-state index contributed by atoms with van der Waals surface area (Å²) in [5, 5.41) is 3.18. The Labute approximate surface area is 126 Å². The summed E-state index contributed by atoms with van der Waals surface area (Å²) < 4.78 is 32.0. The average molecular weight is 310 g/mol. The Morgan fingerprint density at radius 2 is 2.00 bits per heavy atom. The third-order valence-electron chi connectivity index (χ3n) is 2.99. The molecule has 1 fully saturated rings. The van der Waals surface area contributed by atoms with Crippen LogP contribution in [0.4, 0.5) is 5.69 Å². The van der Waals surface area contributed by atoms with Crippen LogP contribution in [0.2, 0.25) is 0 Å². The molecule has 1 aromatic carbocycles. The zero-order valence-corrected chi connectivity index (χ0v) is 13.1. The van der Waals surface area contributed by atoms with E-state index in [4.69, 9.17) is 4.74 Å². The number of nitrogens with one attached hydrogen (secondary N) is 2. The van der Waals surface area contributed by atoms with E-state index in [0.29, 0.717) is 24.7 Å². The predicted molar refractivity (Wildman–Crippen MR) is 83.9 cm³/mol. The molecule has 2 rings (SSSR count). The van der Waals surface area contributed by atoms with Crippen molar-refractivity contribution in [1.82, 2.24) is 4.72 Å². The van der Waals surface area contributed by atoms with Gasteiger partial charge in [-0.05, 0) is 44.0 Å². The molecule has 2 N–H and O–H groups in total. The van der Waals surface area contributed by atoms with Crippen LogP contribution in [0.1, 0.15) is 19.8 Å². The van der Waals surface area contributed by atoms with Crippen molar-refractivity contribution in [3.63, 3.8) is 0 Å². The van der Waals surface area contributed by atoms with Gasteiger partial charge >= 0.3 is 0 Å². The summed E-state index contributed by atoms with van der Waals surface area (Å²) in [5.41, 5.74) is 1.87. The molecule has 0 heterocycles. The third-order valence-corrected chi connectivity index (χ3v) is 4.52. The van der Waals surface area contributed by atoms with Crippen LogP contribution in [0, 0.1) is 0 Å². The minimum absolute atomic E-state index is 0.123. The Hall–Kier alpha value is -1.37. The largest absolute Gasteiger partial charge is 0.383 e. The molecule has 0 amide bonds. The first-order valence-electron chi connectivity index (χ1n) is 7.06. The van der Waals surface area contributed by atoms with Gasteiger partial charge in [0.05, 0.1) is 18.1 Å². The summed E-state index contributed by atoms with van der Waals surface area (Å²) in [6.07, 6.45) is 1.87. The summed E-state index contributed by atoms with van der Waals surface area (Å²) in [7, 11) is -3.36. The minimum atomic E-state index is -3.36. The third kappa shape index (κ3) is 5.49. The molecule has 6 heteroatoms. The van der Waals surface area contributed by atoms with Gasteiger partial charge in [-0.15, -0.1) is 0 Å². The van der Waals surface area contributed by atoms with E-state index in [9.17, 15) is 8.42 Å². The van der Waals surface area contributed by atoms with E-state index in [-0.39, 0.29) is 6.04 Å². The van der Waals surface area contributed by atoms with Crippen molar-refractivity contribution in [3.8, 4) is 0 Å². The van der Waals surface area contributed by atoms with E-state index in [0.717, 1.165) is 24.1 Å². The van der Waals surface area contributed by atoms with Crippen molar-refractivity contribution in [1.29, 1.82) is 0 Å². The summed E-state index contributed by atoms with van der Waals surface area (Å²) >= 11 is 0. The maximum absolute atomic E-state index is 12.0. The van der Waals surface area contributed by atoms with Gasteiger partial charge in [-0.1, -0.05) is 12.2 Å². The van der Waals surface area contributed by atoms with Crippen LogP contribution in [0.5, 0.6) is 0 Å². The minimum Gasteiger partial charge on any atom is -0.383 e. The Bertz CT molecular complexity index is 577. The normalized spacial score (nSPS) is 14.9. The average Bonchev–Trinajstić information content (AvgIpc) is 3.22. The molecule has 21 heavy (non-hydrogen) atoms. The number of benzene rings is 1. The topological polar surface area (TPSA) is 67.4 Å². The molecule has 1 aliphatic rings. The molecule has 0 aliphatic heterocycles. The Morgan fingerprint density at radius 3 is 2.57 bits per heavy atom. The van der Waals surface area contributed by atoms with Crippen LogP contribution < -0.4 is 10.0 Å². The molecule has 1 aliphatic carbocycles. The smallest absolute Gasteiger partial charge is 0.240 e. The van der Waals surface area contributed by atoms with Crippen molar-refractivity contribution in [3.05, 3.63) is 36.4 Å². The van der Waals surface area contributed by atoms with E-state index in [1.165, 1.54) is 0 Å². The molecule has 0 radical (unpaired) electrons. The fraction of sp³-hybridized carbons (Fsp3) is 0.467. The lowest BCUT2D eigenvalue weighted by atomic mass is 10.3. The molecular formula is C15H22N2O3S. The van der Waals surface area contributed by atoms with Crippen LogP contribution >= 0.6 is 0 Å². The van der Waals surface area contributed by atoms with Gasteiger partial charge in [0.2, 0.25) is 10.0 Å². The molecule has 0 atom stereocenters. The van der Waals surface area contributed by atoms with Crippen LogP contribution in [0.15, 0.2) is 41.3 Å². The van der Waals surface area contributed by atoms with E-state index in [2.05, 4.69) is 16.6 Å². The molecule has 0 bridgehead atoms. The van der Waals surface area contributed by atoms with Gasteiger partial charge in [-0.3, -0.25) is 0 Å². The lowest BCUT2D eigenvalue weighted by Gasteiger charge is -2.09. The lowest BCUT2D eigenvalue weighted by molar-refractivity contribution is 0.167. The van der Waals surface area contributed by atoms with Crippen molar-refractivity contribution in [2.45, 2.75) is 30.7 Å².